The van der Waals surface area contributed by atoms with Gasteiger partial charge < -0.3 is 0 Å². The van der Waals surface area contributed by atoms with Gasteiger partial charge in [-0.2, -0.15) is 0 Å². The van der Waals surface area contributed by atoms with Crippen LogP contribution in [0.3, 0.4) is 0 Å². The van der Waals surface area contributed by atoms with Gasteiger partial charge >= 0.3 is 0 Å². The first-order chi connectivity index (χ1) is 10.9. The summed E-state index contributed by atoms with van der Waals surface area (Å²) in [6.07, 6.45) is 3.58. The SMILES string of the molecule is [C](CSc1ccccc1)=C(c1ccccc1)c1ccccc1. The largest absolute Gasteiger partial charge is 0.121 e. The summed E-state index contributed by atoms with van der Waals surface area (Å²) in [6, 6.07) is 31.4. The first kappa shape index (κ1) is 14.7. The van der Waals surface area contributed by atoms with Crippen LogP contribution in [0.4, 0.5) is 0 Å². The molecule has 0 fully saturated rings. The lowest BCUT2D eigenvalue weighted by Crippen LogP contribution is -1.89. The van der Waals surface area contributed by atoms with Gasteiger partial charge in [0.05, 0.1) is 0 Å². The van der Waals surface area contributed by atoms with E-state index in [9.17, 15) is 0 Å². The molecule has 3 aromatic carbocycles. The zero-order valence-electron chi connectivity index (χ0n) is 12.3. The van der Waals surface area contributed by atoms with Crippen molar-refractivity contribution < 1.29 is 0 Å². The van der Waals surface area contributed by atoms with E-state index in [1.807, 2.05) is 18.2 Å². The lowest BCUT2D eigenvalue weighted by atomic mass is 9.98. The second-order valence-electron chi connectivity index (χ2n) is 4.89. The highest BCUT2D eigenvalue weighted by atomic mass is 32.2. The van der Waals surface area contributed by atoms with Gasteiger partial charge in [-0.1, -0.05) is 78.9 Å². The Bertz CT molecular complexity index is 674. The summed E-state index contributed by atoms with van der Waals surface area (Å²) in [5, 5.41) is 0. The number of rotatable bonds is 5. The standard InChI is InChI=1S/C21H17S/c1-4-10-18(11-5-1)21(19-12-6-2-7-13-19)16-17-22-20-14-8-3-9-15-20/h1-15H,17H2. The van der Waals surface area contributed by atoms with Crippen LogP contribution in [0.25, 0.3) is 5.57 Å². The molecule has 107 valence electrons. The molecule has 0 aliphatic rings. The summed E-state index contributed by atoms with van der Waals surface area (Å²) in [5.41, 5.74) is 3.59. The van der Waals surface area contributed by atoms with E-state index < -0.39 is 0 Å². The predicted molar refractivity (Wildman–Crippen MR) is 95.8 cm³/mol. The van der Waals surface area contributed by atoms with Crippen LogP contribution < -0.4 is 0 Å². The Morgan fingerprint density at radius 2 is 1.09 bits per heavy atom. The topological polar surface area (TPSA) is 0 Å². The van der Waals surface area contributed by atoms with Gasteiger partial charge in [0.25, 0.3) is 0 Å². The van der Waals surface area contributed by atoms with Crippen molar-refractivity contribution >= 4 is 17.3 Å². The first-order valence-electron chi connectivity index (χ1n) is 7.33. The van der Waals surface area contributed by atoms with Crippen LogP contribution in [-0.2, 0) is 0 Å². The lowest BCUT2D eigenvalue weighted by molar-refractivity contribution is 1.45. The minimum atomic E-state index is 0.836. The molecule has 0 aliphatic heterocycles. The van der Waals surface area contributed by atoms with Crippen molar-refractivity contribution in [1.29, 1.82) is 0 Å². The molecule has 0 unspecified atom stereocenters. The van der Waals surface area contributed by atoms with Crippen molar-refractivity contribution in [3.63, 3.8) is 0 Å². The van der Waals surface area contributed by atoms with Gasteiger partial charge in [-0.05, 0) is 34.9 Å². The van der Waals surface area contributed by atoms with Crippen LogP contribution >= 0.6 is 11.8 Å². The van der Waals surface area contributed by atoms with Crippen LogP contribution in [0.15, 0.2) is 95.9 Å². The molecule has 3 aromatic rings. The molecule has 0 amide bonds. The van der Waals surface area contributed by atoms with E-state index in [0.29, 0.717) is 0 Å². The minimum Gasteiger partial charge on any atom is -0.121 e. The highest BCUT2D eigenvalue weighted by Gasteiger charge is 2.04. The van der Waals surface area contributed by atoms with E-state index in [-0.39, 0.29) is 0 Å². The second kappa shape index (κ2) is 7.67. The fourth-order valence-corrected chi connectivity index (χ4v) is 3.02. The Hall–Kier alpha value is -2.25. The minimum absolute atomic E-state index is 0.836. The monoisotopic (exact) mass is 301 g/mol. The van der Waals surface area contributed by atoms with Crippen molar-refractivity contribution in [3.8, 4) is 0 Å². The molecule has 1 heteroatoms. The highest BCUT2D eigenvalue weighted by Crippen LogP contribution is 2.25. The quantitative estimate of drug-likeness (QED) is 0.544. The molecule has 0 aromatic heterocycles. The van der Waals surface area contributed by atoms with Crippen LogP contribution in [0.5, 0.6) is 0 Å². The summed E-state index contributed by atoms with van der Waals surface area (Å²) in [4.78, 5) is 1.27. The normalized spacial score (nSPS) is 10.2. The first-order valence-corrected chi connectivity index (χ1v) is 8.31. The third-order valence-corrected chi connectivity index (χ3v) is 4.25. The molecule has 0 nitrogen and oxygen atoms in total. The van der Waals surface area contributed by atoms with Crippen molar-refractivity contribution in [2.24, 2.45) is 0 Å². The Balaban J connectivity index is 1.84. The zero-order chi connectivity index (χ0) is 15.0. The van der Waals surface area contributed by atoms with Gasteiger partial charge in [-0.3, -0.25) is 0 Å². The van der Waals surface area contributed by atoms with Gasteiger partial charge in [0.1, 0.15) is 0 Å². The molecule has 0 saturated carbocycles. The second-order valence-corrected chi connectivity index (χ2v) is 5.93. The van der Waals surface area contributed by atoms with Crippen LogP contribution in [0.2, 0.25) is 0 Å². The highest BCUT2D eigenvalue weighted by molar-refractivity contribution is 7.99. The number of benzene rings is 3. The molecule has 0 atom stereocenters. The van der Waals surface area contributed by atoms with Crippen molar-refractivity contribution in [1.82, 2.24) is 0 Å². The molecule has 0 bridgehead atoms. The summed E-state index contributed by atoms with van der Waals surface area (Å²) < 4.78 is 0. The van der Waals surface area contributed by atoms with Crippen LogP contribution in [0.1, 0.15) is 11.1 Å². The van der Waals surface area contributed by atoms with Crippen molar-refractivity contribution in [2.45, 2.75) is 4.90 Å². The Labute approximate surface area is 136 Å². The Morgan fingerprint density at radius 3 is 1.59 bits per heavy atom. The van der Waals surface area contributed by atoms with Crippen molar-refractivity contribution in [2.75, 3.05) is 5.75 Å². The molecule has 0 saturated heterocycles. The molecule has 1 radical (unpaired) electrons. The van der Waals surface area contributed by atoms with E-state index in [1.165, 1.54) is 21.6 Å². The molecular weight excluding hydrogens is 284 g/mol. The smallest absolute Gasteiger partial charge is 0.0241 e. The third-order valence-electron chi connectivity index (χ3n) is 3.36. The lowest BCUT2D eigenvalue weighted by Gasteiger charge is -2.08. The molecule has 0 aliphatic carbocycles. The molecule has 3 rings (SSSR count). The third kappa shape index (κ3) is 3.90. The van der Waals surface area contributed by atoms with E-state index in [4.69, 9.17) is 0 Å². The van der Waals surface area contributed by atoms with E-state index >= 15 is 0 Å². The van der Waals surface area contributed by atoms with Gasteiger partial charge in [0, 0.05) is 10.6 Å². The van der Waals surface area contributed by atoms with E-state index in [2.05, 4.69) is 78.9 Å². The van der Waals surface area contributed by atoms with Gasteiger partial charge in [-0.15, -0.1) is 11.8 Å². The maximum atomic E-state index is 3.58. The fraction of sp³-hybridized carbons (Fsp3) is 0.0476. The van der Waals surface area contributed by atoms with Gasteiger partial charge in [0.15, 0.2) is 0 Å². The number of thioether (sulfide) groups is 1. The number of hydrogen-bond acceptors (Lipinski definition) is 1. The Kier molecular flexibility index (Phi) is 5.12. The maximum Gasteiger partial charge on any atom is 0.0241 e. The zero-order valence-corrected chi connectivity index (χ0v) is 13.1. The van der Waals surface area contributed by atoms with Crippen molar-refractivity contribution in [3.05, 3.63) is 108 Å². The van der Waals surface area contributed by atoms with Gasteiger partial charge in [-0.25, -0.2) is 0 Å². The summed E-state index contributed by atoms with van der Waals surface area (Å²) in [5.74, 6) is 0.836. The van der Waals surface area contributed by atoms with Gasteiger partial charge in [0.2, 0.25) is 0 Å². The summed E-state index contributed by atoms with van der Waals surface area (Å²) in [6.45, 7) is 0. The molecule has 0 spiro atoms. The van der Waals surface area contributed by atoms with Crippen LogP contribution in [-0.4, -0.2) is 5.75 Å². The average molecular weight is 301 g/mol. The van der Waals surface area contributed by atoms with E-state index in [0.717, 1.165) is 5.75 Å². The predicted octanol–water partition coefficient (Wildman–Crippen LogP) is 5.71. The molecule has 0 N–H and O–H groups in total. The Morgan fingerprint density at radius 1 is 0.636 bits per heavy atom. The average Bonchev–Trinajstić information content (AvgIpc) is 2.61. The summed E-state index contributed by atoms with van der Waals surface area (Å²) in [7, 11) is 0. The molecular formula is C21H17S. The van der Waals surface area contributed by atoms with Crippen LogP contribution in [0, 0.1) is 6.08 Å². The molecule has 0 heterocycles. The fourth-order valence-electron chi connectivity index (χ4n) is 2.29. The van der Waals surface area contributed by atoms with E-state index in [1.54, 1.807) is 11.8 Å². The summed E-state index contributed by atoms with van der Waals surface area (Å²) >= 11 is 1.81. The molecule has 22 heavy (non-hydrogen) atoms. The number of hydrogen-bond donors (Lipinski definition) is 0. The maximum absolute atomic E-state index is 3.58.